The van der Waals surface area contributed by atoms with Gasteiger partial charge in [-0.25, -0.2) is 0 Å². The summed E-state index contributed by atoms with van der Waals surface area (Å²) in [6.07, 6.45) is 0. The Morgan fingerprint density at radius 2 is 0.400 bits per heavy atom. The second-order valence-corrected chi connectivity index (χ2v) is 0. The van der Waals surface area contributed by atoms with E-state index < -0.39 is 0 Å². The third kappa shape index (κ3) is 190. The molecule has 2 N–H and O–H groups in total. The van der Waals surface area contributed by atoms with Crippen LogP contribution in [0.3, 0.4) is 0 Å². The molecular formula is C8H18O2. The Hall–Kier alpha value is -1.12. The van der Waals surface area contributed by atoms with E-state index in [4.69, 9.17) is 10.5 Å². The zero-order valence-corrected chi connectivity index (χ0v) is 6.55. The highest BCUT2D eigenvalue weighted by Crippen LogP contribution is 0.868. The standard InChI is InChI=1S/4C2H4.H2O2/c5*1-2/h4*1-2H2;1-2H. The summed E-state index contributed by atoms with van der Waals surface area (Å²) in [7, 11) is 0. The molecule has 0 unspecified atom stereocenters. The summed E-state index contributed by atoms with van der Waals surface area (Å²) in [4.78, 5) is 0. The smallest absolute Gasteiger partial charge is 0.106 e. The lowest BCUT2D eigenvalue weighted by Crippen LogP contribution is -1.29. The van der Waals surface area contributed by atoms with Gasteiger partial charge in [-0.05, 0) is 0 Å². The first-order chi connectivity index (χ1) is 5.00. The van der Waals surface area contributed by atoms with Crippen molar-refractivity contribution >= 4 is 0 Å². The predicted octanol–water partition coefficient (Wildman–Crippen LogP) is 3.23. The third-order valence-corrected chi connectivity index (χ3v) is 0. The van der Waals surface area contributed by atoms with Crippen LogP contribution in [0.25, 0.3) is 0 Å². The van der Waals surface area contributed by atoms with E-state index in [1.165, 1.54) is 0 Å². The van der Waals surface area contributed by atoms with Crippen LogP contribution in [0.1, 0.15) is 0 Å². The van der Waals surface area contributed by atoms with Crippen LogP contribution in [0.2, 0.25) is 0 Å². The zero-order chi connectivity index (χ0) is 10.0. The van der Waals surface area contributed by atoms with E-state index in [0.717, 1.165) is 0 Å². The molecule has 0 saturated heterocycles. The lowest BCUT2D eigenvalue weighted by Gasteiger charge is -1.25. The van der Waals surface area contributed by atoms with Gasteiger partial charge in [-0.2, -0.15) is 0 Å². The Kier molecular flexibility index (Phi) is 1090. The van der Waals surface area contributed by atoms with E-state index in [9.17, 15) is 0 Å². The van der Waals surface area contributed by atoms with E-state index in [-0.39, 0.29) is 0 Å². The molecule has 0 saturated carbocycles. The predicted molar refractivity (Wildman–Crippen MR) is 50.3 cm³/mol. The molecule has 0 aromatic carbocycles. The summed E-state index contributed by atoms with van der Waals surface area (Å²) < 4.78 is 0. The SMILES string of the molecule is C=C.C=C.C=C.C=C.OO. The Morgan fingerprint density at radius 1 is 0.400 bits per heavy atom. The minimum absolute atomic E-state index is 3.00. The molecule has 0 rings (SSSR count). The maximum Gasteiger partial charge on any atom is -0.106 e. The van der Waals surface area contributed by atoms with Crippen LogP contribution in [0.4, 0.5) is 0 Å². The van der Waals surface area contributed by atoms with Crippen LogP contribution in [-0.2, 0) is 0 Å². The molecule has 0 aromatic heterocycles. The summed E-state index contributed by atoms with van der Waals surface area (Å²) in [6.45, 7) is 24.0. The first kappa shape index (κ1) is 36.6. The topological polar surface area (TPSA) is 40.5 Å². The molecular weight excluding hydrogens is 128 g/mol. The average Bonchev–Trinajstić information content (AvgIpc) is 2.20. The van der Waals surface area contributed by atoms with Crippen LogP contribution < -0.4 is 0 Å². The van der Waals surface area contributed by atoms with Gasteiger partial charge in [-0.1, -0.05) is 0 Å². The van der Waals surface area contributed by atoms with Crippen LogP contribution >= 0.6 is 0 Å². The first-order valence-corrected chi connectivity index (χ1v) is 2.20. The van der Waals surface area contributed by atoms with Crippen LogP contribution in [0.15, 0.2) is 52.6 Å². The largest absolute Gasteiger partial charge is 0.255 e. The van der Waals surface area contributed by atoms with Gasteiger partial charge in [-0.3, -0.25) is 10.5 Å². The fraction of sp³-hybridized carbons (Fsp3) is 0. The molecule has 0 amide bonds. The Labute approximate surface area is 64.1 Å². The maximum absolute atomic E-state index is 6.00. The first-order valence-electron chi connectivity index (χ1n) is 2.20. The van der Waals surface area contributed by atoms with Crippen LogP contribution in [0.5, 0.6) is 0 Å². The van der Waals surface area contributed by atoms with Crippen molar-refractivity contribution in [2.45, 2.75) is 0 Å². The summed E-state index contributed by atoms with van der Waals surface area (Å²) in [5.74, 6) is 0. The fourth-order valence-corrected chi connectivity index (χ4v) is 0. The highest BCUT2D eigenvalue weighted by molar-refractivity contribution is 4.23. The lowest BCUT2D eigenvalue weighted by atomic mass is 11.3. The highest BCUT2D eigenvalue weighted by atomic mass is 17.0. The van der Waals surface area contributed by atoms with Gasteiger partial charge < -0.3 is 0 Å². The van der Waals surface area contributed by atoms with Gasteiger partial charge in [0.05, 0.1) is 0 Å². The summed E-state index contributed by atoms with van der Waals surface area (Å²) in [5, 5.41) is 12.0. The third-order valence-electron chi connectivity index (χ3n) is 0. The minimum Gasteiger partial charge on any atom is -0.255 e. The molecule has 0 aliphatic carbocycles. The molecule has 0 heterocycles. The van der Waals surface area contributed by atoms with Gasteiger partial charge in [0.25, 0.3) is 0 Å². The molecule has 0 bridgehead atoms. The van der Waals surface area contributed by atoms with Crippen molar-refractivity contribution in [3.05, 3.63) is 52.6 Å². The number of rotatable bonds is 0. The second-order valence-electron chi connectivity index (χ2n) is 0. The molecule has 10 heavy (non-hydrogen) atoms. The molecule has 2 nitrogen and oxygen atoms in total. The van der Waals surface area contributed by atoms with Crippen molar-refractivity contribution in [1.29, 1.82) is 0 Å². The molecule has 0 atom stereocenters. The molecule has 2 heteroatoms. The van der Waals surface area contributed by atoms with Gasteiger partial charge in [0, 0.05) is 0 Å². The number of hydrogen-bond acceptors (Lipinski definition) is 2. The monoisotopic (exact) mass is 146 g/mol. The lowest BCUT2D eigenvalue weighted by molar-refractivity contribution is -0.176. The molecule has 0 aliphatic heterocycles. The maximum atomic E-state index is 6.00. The van der Waals surface area contributed by atoms with Crippen molar-refractivity contribution in [3.63, 3.8) is 0 Å². The number of hydrogen-bond donors (Lipinski definition) is 2. The molecule has 62 valence electrons. The molecule has 0 aromatic rings. The van der Waals surface area contributed by atoms with Gasteiger partial charge in [0.15, 0.2) is 0 Å². The average molecular weight is 146 g/mol. The van der Waals surface area contributed by atoms with Gasteiger partial charge in [0.2, 0.25) is 0 Å². The molecule has 0 spiro atoms. The van der Waals surface area contributed by atoms with Gasteiger partial charge in [0.1, 0.15) is 0 Å². The van der Waals surface area contributed by atoms with E-state index in [2.05, 4.69) is 52.6 Å². The van der Waals surface area contributed by atoms with Gasteiger partial charge >= 0.3 is 0 Å². The summed E-state index contributed by atoms with van der Waals surface area (Å²) in [5.41, 5.74) is 0. The van der Waals surface area contributed by atoms with Crippen molar-refractivity contribution in [2.75, 3.05) is 0 Å². The van der Waals surface area contributed by atoms with Crippen molar-refractivity contribution in [1.82, 2.24) is 0 Å². The Balaban J connectivity index is -0.0000000104. The van der Waals surface area contributed by atoms with E-state index >= 15 is 0 Å². The minimum atomic E-state index is 3.00. The quantitative estimate of drug-likeness (QED) is 0.313. The molecule has 0 aliphatic rings. The summed E-state index contributed by atoms with van der Waals surface area (Å²) >= 11 is 0. The molecule has 0 radical (unpaired) electrons. The Morgan fingerprint density at radius 3 is 0.400 bits per heavy atom. The van der Waals surface area contributed by atoms with Crippen LogP contribution in [0, 0.1) is 0 Å². The van der Waals surface area contributed by atoms with Gasteiger partial charge in [-0.15, -0.1) is 52.6 Å². The fourth-order valence-electron chi connectivity index (χ4n) is 0. The zero-order valence-electron chi connectivity index (χ0n) is 6.55. The Bertz CT molecular complexity index is 15.2. The second kappa shape index (κ2) is 297. The van der Waals surface area contributed by atoms with Crippen molar-refractivity contribution in [3.8, 4) is 0 Å². The highest BCUT2D eigenvalue weighted by Gasteiger charge is 0.746. The van der Waals surface area contributed by atoms with Crippen LogP contribution in [-0.4, -0.2) is 10.5 Å². The normalized spacial score (nSPS) is 2.20. The van der Waals surface area contributed by atoms with E-state index in [1.807, 2.05) is 0 Å². The summed E-state index contributed by atoms with van der Waals surface area (Å²) in [6, 6.07) is 0. The van der Waals surface area contributed by atoms with E-state index in [1.54, 1.807) is 0 Å². The van der Waals surface area contributed by atoms with Crippen molar-refractivity contribution < 1.29 is 10.5 Å². The van der Waals surface area contributed by atoms with Crippen molar-refractivity contribution in [2.24, 2.45) is 0 Å². The van der Waals surface area contributed by atoms with E-state index in [0.29, 0.717) is 0 Å². The molecule has 0 fully saturated rings.